The molecule has 8 heavy (non-hydrogen) atoms. The second-order valence-electron chi connectivity index (χ2n) is 2.15. The van der Waals surface area contributed by atoms with Gasteiger partial charge in [0.15, 0.2) is 0 Å². The second-order valence-corrected chi connectivity index (χ2v) is 2.15. The molecule has 0 heterocycles. The van der Waals surface area contributed by atoms with Crippen molar-refractivity contribution in [2.75, 3.05) is 0 Å². The Morgan fingerprint density at radius 2 is 2.25 bits per heavy atom. The van der Waals surface area contributed by atoms with Crippen LogP contribution >= 0.6 is 0 Å². The molecule has 1 aliphatic rings. The lowest BCUT2D eigenvalue weighted by atomic mass is 10.3. The van der Waals surface area contributed by atoms with Crippen LogP contribution < -0.4 is 0 Å². The monoisotopic (exact) mass is 115 g/mol. The minimum Gasteiger partial charge on any atom is -0.411 e. The number of hydrogen-bond acceptors (Lipinski definition) is 3. The van der Waals surface area contributed by atoms with Crippen molar-refractivity contribution in [3.63, 3.8) is 0 Å². The van der Waals surface area contributed by atoms with Crippen LogP contribution in [0.25, 0.3) is 0 Å². The van der Waals surface area contributed by atoms with Crippen molar-refractivity contribution in [1.29, 1.82) is 0 Å². The highest BCUT2D eigenvalue weighted by atomic mass is 16.4. The Hall–Kier alpha value is -0.570. The summed E-state index contributed by atoms with van der Waals surface area (Å²) in [5.41, 5.74) is 0.637. The highest BCUT2D eigenvalue weighted by molar-refractivity contribution is 5.86. The first-order valence-electron chi connectivity index (χ1n) is 2.62. The lowest BCUT2D eigenvalue weighted by Gasteiger charge is -1.87. The Morgan fingerprint density at radius 1 is 1.75 bits per heavy atom. The van der Waals surface area contributed by atoms with Crippen molar-refractivity contribution >= 4 is 5.71 Å². The lowest BCUT2D eigenvalue weighted by Crippen LogP contribution is -1.97. The molecule has 0 radical (unpaired) electrons. The molecule has 2 atom stereocenters. The third-order valence-corrected chi connectivity index (χ3v) is 1.45. The predicted octanol–water partition coefficient (Wildman–Crippen LogP) is 0.217. The minimum absolute atomic E-state index is 0.139. The molecule has 3 heteroatoms. The predicted molar refractivity (Wildman–Crippen MR) is 29.0 cm³/mol. The van der Waals surface area contributed by atoms with Crippen molar-refractivity contribution in [3.8, 4) is 0 Å². The molecule has 0 saturated heterocycles. The van der Waals surface area contributed by atoms with Crippen LogP contribution in [0.1, 0.15) is 13.3 Å². The molecule has 1 rings (SSSR count). The molecular formula is C5H9NO2. The van der Waals surface area contributed by atoms with E-state index in [9.17, 15) is 0 Å². The van der Waals surface area contributed by atoms with Crippen molar-refractivity contribution in [1.82, 2.24) is 0 Å². The molecule has 0 amide bonds. The van der Waals surface area contributed by atoms with Gasteiger partial charge in [-0.3, -0.25) is 0 Å². The molecule has 3 nitrogen and oxygen atoms in total. The van der Waals surface area contributed by atoms with E-state index in [4.69, 9.17) is 10.3 Å². The van der Waals surface area contributed by atoms with Crippen LogP contribution in [0.3, 0.4) is 0 Å². The van der Waals surface area contributed by atoms with Gasteiger partial charge < -0.3 is 10.3 Å². The van der Waals surface area contributed by atoms with E-state index >= 15 is 0 Å². The summed E-state index contributed by atoms with van der Waals surface area (Å²) in [6, 6.07) is 0. The highest BCUT2D eigenvalue weighted by Gasteiger charge is 2.37. The fraction of sp³-hybridized carbons (Fsp3) is 0.800. The Morgan fingerprint density at radius 3 is 2.38 bits per heavy atom. The standard InChI is InChI=1S/C5H9NO2/c1-3(6-8)4-2-5(4)7/h4-5,7-8H,2H2,1H3. The van der Waals surface area contributed by atoms with Crippen molar-refractivity contribution in [2.45, 2.75) is 19.4 Å². The summed E-state index contributed by atoms with van der Waals surface area (Å²) < 4.78 is 0. The molecule has 0 aromatic rings. The summed E-state index contributed by atoms with van der Waals surface area (Å²) >= 11 is 0. The lowest BCUT2D eigenvalue weighted by molar-refractivity contribution is 0.267. The molecule has 0 aromatic heterocycles. The van der Waals surface area contributed by atoms with Gasteiger partial charge in [0, 0.05) is 5.92 Å². The average Bonchev–Trinajstić information content (AvgIpc) is 2.45. The quantitative estimate of drug-likeness (QED) is 0.292. The molecule has 46 valence electrons. The number of hydrogen-bond donors (Lipinski definition) is 2. The first-order valence-corrected chi connectivity index (χ1v) is 2.62. The molecule has 0 bridgehead atoms. The molecule has 1 fully saturated rings. The van der Waals surface area contributed by atoms with Crippen molar-refractivity contribution < 1.29 is 10.3 Å². The van der Waals surface area contributed by atoms with Gasteiger partial charge in [-0.05, 0) is 13.3 Å². The summed E-state index contributed by atoms with van der Waals surface area (Å²) in [6.45, 7) is 1.71. The molecule has 2 unspecified atom stereocenters. The van der Waals surface area contributed by atoms with Crippen LogP contribution in [0.15, 0.2) is 5.16 Å². The van der Waals surface area contributed by atoms with Gasteiger partial charge in [-0.25, -0.2) is 0 Å². The number of nitrogens with zero attached hydrogens (tertiary/aromatic N) is 1. The first kappa shape index (κ1) is 5.56. The fourth-order valence-corrected chi connectivity index (χ4v) is 0.705. The van der Waals surface area contributed by atoms with Gasteiger partial charge in [0.2, 0.25) is 0 Å². The van der Waals surface area contributed by atoms with E-state index in [0.29, 0.717) is 5.71 Å². The van der Waals surface area contributed by atoms with Gasteiger partial charge in [0.25, 0.3) is 0 Å². The van der Waals surface area contributed by atoms with Gasteiger partial charge in [0.1, 0.15) is 0 Å². The van der Waals surface area contributed by atoms with Gasteiger partial charge in [-0.15, -0.1) is 0 Å². The third-order valence-electron chi connectivity index (χ3n) is 1.45. The molecule has 1 aliphatic carbocycles. The van der Waals surface area contributed by atoms with E-state index in [1.807, 2.05) is 0 Å². The summed E-state index contributed by atoms with van der Waals surface area (Å²) in [7, 11) is 0. The Balaban J connectivity index is 2.39. The number of oxime groups is 1. The van der Waals surface area contributed by atoms with Crippen molar-refractivity contribution in [3.05, 3.63) is 0 Å². The summed E-state index contributed by atoms with van der Waals surface area (Å²) in [5.74, 6) is 0.139. The topological polar surface area (TPSA) is 52.8 Å². The van der Waals surface area contributed by atoms with Crippen molar-refractivity contribution in [2.24, 2.45) is 11.1 Å². The molecule has 0 aliphatic heterocycles. The van der Waals surface area contributed by atoms with Crippen LogP contribution in [0.5, 0.6) is 0 Å². The number of aliphatic hydroxyl groups is 1. The number of rotatable bonds is 1. The van der Waals surface area contributed by atoms with Gasteiger partial charge in [0.05, 0.1) is 11.8 Å². The molecule has 0 spiro atoms. The van der Waals surface area contributed by atoms with Crippen LogP contribution in [0.2, 0.25) is 0 Å². The van der Waals surface area contributed by atoms with E-state index in [1.54, 1.807) is 6.92 Å². The van der Waals surface area contributed by atoms with Gasteiger partial charge in [-0.1, -0.05) is 5.16 Å². The number of aliphatic hydroxyl groups excluding tert-OH is 1. The van der Waals surface area contributed by atoms with Gasteiger partial charge >= 0.3 is 0 Å². The Labute approximate surface area is 47.6 Å². The van der Waals surface area contributed by atoms with Crippen LogP contribution in [0.4, 0.5) is 0 Å². The van der Waals surface area contributed by atoms with E-state index in [2.05, 4.69) is 5.16 Å². The zero-order chi connectivity index (χ0) is 6.15. The summed E-state index contributed by atoms with van der Waals surface area (Å²) in [4.78, 5) is 0. The normalized spacial score (nSPS) is 37.5. The smallest absolute Gasteiger partial charge is 0.0630 e. The van der Waals surface area contributed by atoms with Gasteiger partial charge in [-0.2, -0.15) is 0 Å². The maximum Gasteiger partial charge on any atom is 0.0630 e. The zero-order valence-corrected chi connectivity index (χ0v) is 4.70. The highest BCUT2D eigenvalue weighted by Crippen LogP contribution is 2.30. The summed E-state index contributed by atoms with van der Waals surface area (Å²) in [6.07, 6.45) is 0.515. The van der Waals surface area contributed by atoms with Crippen LogP contribution in [-0.2, 0) is 0 Å². The first-order chi connectivity index (χ1) is 3.75. The summed E-state index contributed by atoms with van der Waals surface area (Å²) in [5, 5.41) is 19.8. The van der Waals surface area contributed by atoms with E-state index in [1.165, 1.54) is 0 Å². The average molecular weight is 115 g/mol. The minimum atomic E-state index is -0.245. The van der Waals surface area contributed by atoms with E-state index in [0.717, 1.165) is 6.42 Å². The fourth-order valence-electron chi connectivity index (χ4n) is 0.705. The second kappa shape index (κ2) is 1.74. The maximum absolute atomic E-state index is 8.74. The Kier molecular flexibility index (Phi) is 1.21. The van der Waals surface area contributed by atoms with E-state index in [-0.39, 0.29) is 12.0 Å². The van der Waals surface area contributed by atoms with E-state index < -0.39 is 0 Å². The molecule has 1 saturated carbocycles. The Bertz CT molecular complexity index is 122. The van der Waals surface area contributed by atoms with Crippen LogP contribution in [-0.4, -0.2) is 22.1 Å². The zero-order valence-electron chi connectivity index (χ0n) is 4.70. The molecule has 0 aromatic carbocycles. The largest absolute Gasteiger partial charge is 0.411 e. The third kappa shape index (κ3) is 0.816. The molecular weight excluding hydrogens is 106 g/mol. The SMILES string of the molecule is CC(=NO)C1CC1O. The van der Waals surface area contributed by atoms with Crippen LogP contribution in [0, 0.1) is 5.92 Å². The maximum atomic E-state index is 8.74. The molecule has 2 N–H and O–H groups in total.